The van der Waals surface area contributed by atoms with E-state index in [1.165, 1.54) is 24.3 Å². The van der Waals surface area contributed by atoms with E-state index in [0.29, 0.717) is 11.5 Å². The highest BCUT2D eigenvalue weighted by Gasteiger charge is 2.45. The van der Waals surface area contributed by atoms with Crippen molar-refractivity contribution in [3.8, 4) is 0 Å². The molecule has 0 heterocycles. The van der Waals surface area contributed by atoms with Crippen LogP contribution in [0, 0.1) is 5.92 Å². The maximum absolute atomic E-state index is 13.6. The van der Waals surface area contributed by atoms with E-state index in [9.17, 15) is 21.9 Å². The molecule has 32 heavy (non-hydrogen) atoms. The van der Waals surface area contributed by atoms with Gasteiger partial charge in [0, 0.05) is 5.92 Å². The van der Waals surface area contributed by atoms with Crippen LogP contribution in [0.15, 0.2) is 94.7 Å². The number of sulfone groups is 2. The molecule has 0 saturated heterocycles. The molecular formula is C25H28O5S2. The first-order valence-electron chi connectivity index (χ1n) is 10.5. The van der Waals surface area contributed by atoms with Gasteiger partial charge in [-0.15, -0.1) is 0 Å². The summed E-state index contributed by atoms with van der Waals surface area (Å²) in [5.41, 5.74) is 1.53. The van der Waals surface area contributed by atoms with Crippen LogP contribution in [0.25, 0.3) is 0 Å². The Morgan fingerprint density at radius 2 is 1.12 bits per heavy atom. The molecule has 0 fully saturated rings. The predicted molar refractivity (Wildman–Crippen MR) is 126 cm³/mol. The minimum absolute atomic E-state index is 0.0978. The summed E-state index contributed by atoms with van der Waals surface area (Å²) in [5.74, 6) is -0.710. The lowest BCUT2D eigenvalue weighted by molar-refractivity contribution is 0.268. The first-order valence-corrected chi connectivity index (χ1v) is 13.5. The summed E-state index contributed by atoms with van der Waals surface area (Å²) in [6.07, 6.45) is 0.845. The Labute approximate surface area is 190 Å². The highest BCUT2D eigenvalue weighted by atomic mass is 32.3. The van der Waals surface area contributed by atoms with Gasteiger partial charge in [-0.25, -0.2) is 16.8 Å². The fourth-order valence-electron chi connectivity index (χ4n) is 3.81. The number of hydrogen-bond donors (Lipinski definition) is 1. The number of rotatable bonds is 9. The normalized spacial score (nSPS) is 13.4. The summed E-state index contributed by atoms with van der Waals surface area (Å²) >= 11 is 0. The molecule has 1 atom stereocenters. The molecule has 5 nitrogen and oxygen atoms in total. The summed E-state index contributed by atoms with van der Waals surface area (Å²) in [5, 5.41) is 10.3. The molecule has 0 aliphatic carbocycles. The van der Waals surface area contributed by atoms with Gasteiger partial charge < -0.3 is 5.11 Å². The molecule has 3 aromatic rings. The van der Waals surface area contributed by atoms with E-state index in [0.717, 1.165) is 12.0 Å². The molecule has 3 rings (SSSR count). The molecule has 0 spiro atoms. The quantitative estimate of drug-likeness (QED) is 0.503. The Morgan fingerprint density at radius 1 is 0.688 bits per heavy atom. The van der Waals surface area contributed by atoms with E-state index in [1.54, 1.807) is 48.5 Å². The van der Waals surface area contributed by atoms with Crippen molar-refractivity contribution in [2.75, 3.05) is 6.61 Å². The van der Waals surface area contributed by atoms with Gasteiger partial charge in [0.25, 0.3) is 0 Å². The van der Waals surface area contributed by atoms with Gasteiger partial charge in [-0.3, -0.25) is 0 Å². The van der Waals surface area contributed by atoms with Gasteiger partial charge >= 0.3 is 0 Å². The topological polar surface area (TPSA) is 88.5 Å². The highest BCUT2D eigenvalue weighted by molar-refractivity contribution is 8.09. The maximum atomic E-state index is 13.6. The van der Waals surface area contributed by atoms with Crippen molar-refractivity contribution in [2.45, 2.75) is 40.6 Å². The van der Waals surface area contributed by atoms with Crippen LogP contribution in [0.4, 0.5) is 0 Å². The van der Waals surface area contributed by atoms with Crippen LogP contribution in [0.5, 0.6) is 0 Å². The number of benzene rings is 3. The Morgan fingerprint density at radius 3 is 1.50 bits per heavy atom. The van der Waals surface area contributed by atoms with Gasteiger partial charge in [-0.1, -0.05) is 74.5 Å². The van der Waals surface area contributed by atoms with Crippen LogP contribution in [-0.2, 0) is 26.1 Å². The smallest absolute Gasteiger partial charge is 0.196 e. The SMILES string of the molecule is CC(C)Cc1ccc([C@@H](CO)C(S(=O)(=O)c2ccccc2)S(=O)(=O)c2ccccc2)cc1. The lowest BCUT2D eigenvalue weighted by Crippen LogP contribution is -2.38. The zero-order valence-electron chi connectivity index (χ0n) is 18.1. The Kier molecular flexibility index (Phi) is 7.54. The maximum Gasteiger partial charge on any atom is 0.196 e. The summed E-state index contributed by atoms with van der Waals surface area (Å²) in [6, 6.07) is 22.2. The second-order valence-electron chi connectivity index (χ2n) is 8.21. The van der Waals surface area contributed by atoms with Crippen LogP contribution in [0.1, 0.15) is 30.9 Å². The third-order valence-electron chi connectivity index (χ3n) is 5.33. The number of aliphatic hydroxyl groups excluding tert-OH is 1. The molecular weight excluding hydrogens is 444 g/mol. The van der Waals surface area contributed by atoms with Gasteiger partial charge in [0.15, 0.2) is 24.3 Å². The molecule has 0 aromatic heterocycles. The average Bonchev–Trinajstić information content (AvgIpc) is 2.78. The van der Waals surface area contributed by atoms with E-state index in [2.05, 4.69) is 13.8 Å². The number of aliphatic hydroxyl groups is 1. The van der Waals surface area contributed by atoms with Crippen LogP contribution >= 0.6 is 0 Å². The highest BCUT2D eigenvalue weighted by Crippen LogP contribution is 2.36. The van der Waals surface area contributed by atoms with Gasteiger partial charge in [-0.05, 0) is 47.7 Å². The van der Waals surface area contributed by atoms with Crippen molar-refractivity contribution in [3.63, 3.8) is 0 Å². The summed E-state index contributed by atoms with van der Waals surface area (Å²) in [6.45, 7) is 3.56. The van der Waals surface area contributed by atoms with Crippen LogP contribution in [0.2, 0.25) is 0 Å². The molecule has 0 radical (unpaired) electrons. The van der Waals surface area contributed by atoms with Gasteiger partial charge in [0.05, 0.1) is 16.4 Å². The van der Waals surface area contributed by atoms with E-state index >= 15 is 0 Å². The van der Waals surface area contributed by atoms with Crippen molar-refractivity contribution in [1.29, 1.82) is 0 Å². The van der Waals surface area contributed by atoms with Crippen molar-refractivity contribution in [2.24, 2.45) is 5.92 Å². The summed E-state index contributed by atoms with van der Waals surface area (Å²) in [7, 11) is -8.69. The van der Waals surface area contributed by atoms with Crippen molar-refractivity contribution in [1.82, 2.24) is 0 Å². The molecule has 0 amide bonds. The van der Waals surface area contributed by atoms with Gasteiger partial charge in [0.1, 0.15) is 0 Å². The Balaban J connectivity index is 2.17. The fraction of sp³-hybridized carbons (Fsp3) is 0.280. The van der Waals surface area contributed by atoms with E-state index in [-0.39, 0.29) is 9.79 Å². The molecule has 7 heteroatoms. The molecule has 0 unspecified atom stereocenters. The second kappa shape index (κ2) is 9.98. The largest absolute Gasteiger partial charge is 0.396 e. The van der Waals surface area contributed by atoms with E-state index in [1.807, 2.05) is 12.1 Å². The van der Waals surface area contributed by atoms with Crippen molar-refractivity contribution >= 4 is 19.7 Å². The third kappa shape index (κ3) is 5.11. The standard InChI is InChI=1S/C25H28O5S2/c1-19(2)17-20-13-15-21(16-14-20)24(18-26)25(31(27,28)22-9-5-3-6-10-22)32(29,30)23-11-7-4-8-12-23/h3-16,19,24-26H,17-18H2,1-2H3/t24-/m1/s1. The molecule has 0 aliphatic rings. The van der Waals surface area contributed by atoms with E-state index < -0.39 is 36.8 Å². The Bertz CT molecular complexity index is 1150. The van der Waals surface area contributed by atoms with Crippen molar-refractivity contribution in [3.05, 3.63) is 96.1 Å². The molecule has 0 bridgehead atoms. The minimum Gasteiger partial charge on any atom is -0.396 e. The first-order chi connectivity index (χ1) is 15.2. The fourth-order valence-corrected chi connectivity index (χ4v) is 8.77. The first kappa shape index (κ1) is 24.2. The van der Waals surface area contributed by atoms with Gasteiger partial charge in [-0.2, -0.15) is 0 Å². The van der Waals surface area contributed by atoms with Crippen LogP contribution < -0.4 is 0 Å². The zero-order chi connectivity index (χ0) is 23.4. The van der Waals surface area contributed by atoms with Crippen LogP contribution in [-0.4, -0.2) is 33.1 Å². The summed E-state index contributed by atoms with van der Waals surface area (Å²) in [4.78, 5) is -0.196. The van der Waals surface area contributed by atoms with E-state index in [4.69, 9.17) is 0 Å². The molecule has 3 aromatic carbocycles. The number of hydrogen-bond acceptors (Lipinski definition) is 5. The lowest BCUT2D eigenvalue weighted by Gasteiger charge is -2.26. The van der Waals surface area contributed by atoms with Crippen molar-refractivity contribution < 1.29 is 21.9 Å². The second-order valence-corrected chi connectivity index (χ2v) is 12.7. The molecule has 0 aliphatic heterocycles. The monoisotopic (exact) mass is 472 g/mol. The van der Waals surface area contributed by atoms with Crippen LogP contribution in [0.3, 0.4) is 0 Å². The third-order valence-corrected chi connectivity index (χ3v) is 10.6. The summed E-state index contributed by atoms with van der Waals surface area (Å²) < 4.78 is 52.7. The lowest BCUT2D eigenvalue weighted by atomic mass is 9.97. The zero-order valence-corrected chi connectivity index (χ0v) is 19.8. The molecule has 1 N–H and O–H groups in total. The molecule has 170 valence electrons. The molecule has 0 saturated carbocycles. The Hall–Kier alpha value is -2.48. The average molecular weight is 473 g/mol. The van der Waals surface area contributed by atoms with Gasteiger partial charge in [0.2, 0.25) is 0 Å². The predicted octanol–water partition coefficient (Wildman–Crippen LogP) is 4.23. The minimum atomic E-state index is -4.34.